The van der Waals surface area contributed by atoms with Crippen LogP contribution in [0.1, 0.15) is 44.8 Å². The molecule has 0 spiro atoms. The molecule has 0 bridgehead atoms. The van der Waals surface area contributed by atoms with Gasteiger partial charge in [-0.2, -0.15) is 0 Å². The van der Waals surface area contributed by atoms with Crippen LogP contribution in [0.3, 0.4) is 0 Å². The van der Waals surface area contributed by atoms with E-state index in [0.717, 1.165) is 40.4 Å². The third kappa shape index (κ3) is 4.66. The Kier molecular flexibility index (Phi) is 6.31. The largest absolute Gasteiger partial charge is 0.332 e. The highest BCUT2D eigenvalue weighted by Crippen LogP contribution is 2.21. The smallest absolute Gasteiger partial charge is 0.266 e. The quantitative estimate of drug-likeness (QED) is 0.855. The summed E-state index contributed by atoms with van der Waals surface area (Å²) >= 11 is 1.42. The van der Waals surface area contributed by atoms with E-state index >= 15 is 0 Å². The molecular formula is C19H25N3O2S. The molecule has 2 rings (SSSR count). The minimum atomic E-state index is -0.208. The standard InChI is InChI=1S/C19H25N3O2S/c1-6-8-17-20-14(4)18(25-17)19(24)22(5)11-16(23)21-15-10-7-9-12(2)13(15)3/h7,9-10H,6,8,11H2,1-5H3,(H,21,23). The first kappa shape index (κ1) is 19.1. The first-order valence-corrected chi connectivity index (χ1v) is 9.23. The second-order valence-electron chi connectivity index (χ2n) is 6.23. The van der Waals surface area contributed by atoms with Gasteiger partial charge in [0.15, 0.2) is 0 Å². The highest BCUT2D eigenvalue weighted by molar-refractivity contribution is 7.13. The lowest BCUT2D eigenvalue weighted by Crippen LogP contribution is -2.35. The molecule has 2 aromatic rings. The summed E-state index contributed by atoms with van der Waals surface area (Å²) in [6, 6.07) is 5.77. The SMILES string of the molecule is CCCc1nc(C)c(C(=O)N(C)CC(=O)Nc2cccc(C)c2C)s1. The third-order valence-corrected chi connectivity index (χ3v) is 5.31. The van der Waals surface area contributed by atoms with Crippen molar-refractivity contribution in [2.45, 2.75) is 40.5 Å². The number of anilines is 1. The van der Waals surface area contributed by atoms with Gasteiger partial charge >= 0.3 is 0 Å². The number of benzene rings is 1. The van der Waals surface area contributed by atoms with Gasteiger partial charge in [0.1, 0.15) is 4.88 Å². The Labute approximate surface area is 153 Å². The fraction of sp³-hybridized carbons (Fsp3) is 0.421. The molecule has 1 heterocycles. The van der Waals surface area contributed by atoms with Crippen LogP contribution in [0.4, 0.5) is 5.69 Å². The van der Waals surface area contributed by atoms with Gasteiger partial charge in [0.25, 0.3) is 5.91 Å². The number of nitrogens with zero attached hydrogens (tertiary/aromatic N) is 2. The Morgan fingerprint density at radius 1 is 1.24 bits per heavy atom. The molecule has 5 nitrogen and oxygen atoms in total. The van der Waals surface area contributed by atoms with Gasteiger partial charge in [-0.15, -0.1) is 11.3 Å². The summed E-state index contributed by atoms with van der Waals surface area (Å²) in [6.45, 7) is 7.90. The molecule has 0 radical (unpaired) electrons. The van der Waals surface area contributed by atoms with Crippen LogP contribution in [0, 0.1) is 20.8 Å². The fourth-order valence-electron chi connectivity index (χ4n) is 2.51. The van der Waals surface area contributed by atoms with E-state index in [9.17, 15) is 9.59 Å². The van der Waals surface area contributed by atoms with E-state index in [0.29, 0.717) is 4.88 Å². The average molecular weight is 359 g/mol. The van der Waals surface area contributed by atoms with Gasteiger partial charge in [0, 0.05) is 12.7 Å². The summed E-state index contributed by atoms with van der Waals surface area (Å²) in [5.74, 6) is -0.367. The van der Waals surface area contributed by atoms with Gasteiger partial charge in [-0.1, -0.05) is 19.1 Å². The summed E-state index contributed by atoms with van der Waals surface area (Å²) in [6.07, 6.45) is 1.87. The Hall–Kier alpha value is -2.21. The Morgan fingerprint density at radius 3 is 2.64 bits per heavy atom. The zero-order valence-electron chi connectivity index (χ0n) is 15.5. The maximum Gasteiger partial charge on any atom is 0.266 e. The number of hydrogen-bond donors (Lipinski definition) is 1. The van der Waals surface area contributed by atoms with Crippen LogP contribution in [0.25, 0.3) is 0 Å². The number of rotatable bonds is 6. The number of nitrogens with one attached hydrogen (secondary N) is 1. The molecule has 6 heteroatoms. The number of likely N-dealkylation sites (N-methyl/N-ethyl adjacent to an activating group) is 1. The van der Waals surface area contributed by atoms with Crippen LogP contribution in [-0.4, -0.2) is 35.3 Å². The molecule has 0 saturated heterocycles. The summed E-state index contributed by atoms with van der Waals surface area (Å²) in [5.41, 5.74) is 3.67. The fourth-order valence-corrected chi connectivity index (χ4v) is 3.67. The number of carbonyl (C=O) groups is 2. The second kappa shape index (κ2) is 8.25. The maximum absolute atomic E-state index is 12.6. The first-order chi connectivity index (χ1) is 11.8. The minimum absolute atomic E-state index is 0.00661. The van der Waals surface area contributed by atoms with Crippen LogP contribution >= 0.6 is 11.3 Å². The highest BCUT2D eigenvalue weighted by atomic mass is 32.1. The van der Waals surface area contributed by atoms with Crippen LogP contribution in [0.15, 0.2) is 18.2 Å². The average Bonchev–Trinajstić information content (AvgIpc) is 2.92. The molecule has 0 atom stereocenters. The molecule has 2 amide bonds. The summed E-state index contributed by atoms with van der Waals surface area (Å²) in [4.78, 5) is 31.4. The van der Waals surface area contributed by atoms with E-state index < -0.39 is 0 Å². The molecule has 0 aliphatic rings. The molecule has 0 aliphatic heterocycles. The van der Waals surface area contributed by atoms with Gasteiger partial charge in [-0.25, -0.2) is 4.98 Å². The van der Waals surface area contributed by atoms with Crippen LogP contribution in [-0.2, 0) is 11.2 Å². The summed E-state index contributed by atoms with van der Waals surface area (Å²) in [5, 5.41) is 3.85. The molecule has 0 aliphatic carbocycles. The van der Waals surface area contributed by atoms with Gasteiger partial charge < -0.3 is 10.2 Å². The van der Waals surface area contributed by atoms with E-state index in [-0.39, 0.29) is 18.4 Å². The topological polar surface area (TPSA) is 62.3 Å². The predicted octanol–water partition coefficient (Wildman–Crippen LogP) is 3.73. The van der Waals surface area contributed by atoms with Crippen molar-refractivity contribution >= 4 is 28.8 Å². The number of thiazole rings is 1. The number of aryl methyl sites for hydroxylation is 3. The van der Waals surface area contributed by atoms with E-state index in [1.807, 2.05) is 39.0 Å². The number of amides is 2. The molecule has 25 heavy (non-hydrogen) atoms. The summed E-state index contributed by atoms with van der Waals surface area (Å²) < 4.78 is 0. The van der Waals surface area contributed by atoms with Gasteiger partial charge in [-0.05, 0) is 50.8 Å². The molecule has 134 valence electrons. The Bertz CT molecular complexity index is 783. The summed E-state index contributed by atoms with van der Waals surface area (Å²) in [7, 11) is 1.64. The molecule has 0 unspecified atom stereocenters. The van der Waals surface area contributed by atoms with Gasteiger partial charge in [-0.3, -0.25) is 9.59 Å². The number of aromatic nitrogens is 1. The van der Waals surface area contributed by atoms with Crippen LogP contribution in [0.5, 0.6) is 0 Å². The molecule has 1 aromatic heterocycles. The van der Waals surface area contributed by atoms with Crippen molar-refractivity contribution in [3.05, 3.63) is 44.9 Å². The van der Waals surface area contributed by atoms with Crippen molar-refractivity contribution < 1.29 is 9.59 Å². The van der Waals surface area contributed by atoms with Crippen molar-refractivity contribution in [1.29, 1.82) is 0 Å². The zero-order valence-corrected chi connectivity index (χ0v) is 16.3. The van der Waals surface area contributed by atoms with E-state index in [4.69, 9.17) is 0 Å². The molecule has 0 fully saturated rings. The van der Waals surface area contributed by atoms with Crippen molar-refractivity contribution in [2.75, 3.05) is 18.9 Å². The molecule has 1 N–H and O–H groups in total. The zero-order chi connectivity index (χ0) is 18.6. The van der Waals surface area contributed by atoms with Crippen LogP contribution in [0.2, 0.25) is 0 Å². The van der Waals surface area contributed by atoms with Crippen molar-refractivity contribution in [3.8, 4) is 0 Å². The lowest BCUT2D eigenvalue weighted by atomic mass is 10.1. The van der Waals surface area contributed by atoms with Gasteiger partial charge in [0.2, 0.25) is 5.91 Å². The second-order valence-corrected chi connectivity index (χ2v) is 7.31. The molecule has 1 aromatic carbocycles. The van der Waals surface area contributed by atoms with E-state index in [1.165, 1.54) is 16.2 Å². The first-order valence-electron chi connectivity index (χ1n) is 8.41. The predicted molar refractivity (Wildman–Crippen MR) is 102 cm³/mol. The third-order valence-electron chi connectivity index (χ3n) is 4.11. The van der Waals surface area contributed by atoms with Crippen molar-refractivity contribution in [3.63, 3.8) is 0 Å². The normalized spacial score (nSPS) is 10.6. The monoisotopic (exact) mass is 359 g/mol. The van der Waals surface area contributed by atoms with Crippen molar-refractivity contribution in [1.82, 2.24) is 9.88 Å². The molecular weight excluding hydrogens is 334 g/mol. The lowest BCUT2D eigenvalue weighted by Gasteiger charge is -2.17. The lowest BCUT2D eigenvalue weighted by molar-refractivity contribution is -0.116. The van der Waals surface area contributed by atoms with E-state index in [1.54, 1.807) is 7.05 Å². The van der Waals surface area contributed by atoms with Crippen molar-refractivity contribution in [2.24, 2.45) is 0 Å². The number of hydrogen-bond acceptors (Lipinski definition) is 4. The number of carbonyl (C=O) groups excluding carboxylic acids is 2. The Morgan fingerprint density at radius 2 is 1.96 bits per heavy atom. The molecule has 0 saturated carbocycles. The van der Waals surface area contributed by atoms with Crippen LogP contribution < -0.4 is 5.32 Å². The van der Waals surface area contributed by atoms with Gasteiger partial charge in [0.05, 0.1) is 17.2 Å². The van der Waals surface area contributed by atoms with E-state index in [2.05, 4.69) is 17.2 Å². The highest BCUT2D eigenvalue weighted by Gasteiger charge is 2.20. The Balaban J connectivity index is 2.03. The maximum atomic E-state index is 12.6. The minimum Gasteiger partial charge on any atom is -0.332 e.